The Balaban J connectivity index is 2.20. The Hall–Kier alpha value is -0.940. The van der Waals surface area contributed by atoms with Gasteiger partial charge in [0.25, 0.3) is 0 Å². The first-order chi connectivity index (χ1) is 10.0. The van der Waals surface area contributed by atoms with E-state index in [1.54, 1.807) is 0 Å². The minimum absolute atomic E-state index is 0.171. The topological polar surface area (TPSA) is 44.5 Å². The molecule has 2 unspecified atom stereocenters. The third kappa shape index (κ3) is 4.27. The van der Waals surface area contributed by atoms with E-state index in [9.17, 15) is 0 Å². The number of rotatable bonds is 5. The van der Waals surface area contributed by atoms with E-state index in [0.717, 1.165) is 26.1 Å². The lowest BCUT2D eigenvalue weighted by Gasteiger charge is -2.41. The molecule has 118 valence electrons. The van der Waals surface area contributed by atoms with E-state index in [1.807, 2.05) is 0 Å². The Morgan fingerprint density at radius 3 is 2.71 bits per heavy atom. The fourth-order valence-electron chi connectivity index (χ4n) is 3.22. The Bertz CT molecular complexity index is 446. The van der Waals surface area contributed by atoms with Gasteiger partial charge < -0.3 is 4.90 Å². The first-order valence-electron chi connectivity index (χ1n) is 7.95. The van der Waals surface area contributed by atoms with Crippen LogP contribution in [0, 0.1) is 5.92 Å². The fraction of sp³-hybridized carbons (Fsp3) is 0.647. The molecule has 1 aliphatic heterocycles. The summed E-state index contributed by atoms with van der Waals surface area (Å²) in [5.41, 5.74) is 5.74. The number of hydrogen-bond donors (Lipinski definition) is 2. The van der Waals surface area contributed by atoms with E-state index in [2.05, 4.69) is 67.4 Å². The van der Waals surface area contributed by atoms with Gasteiger partial charge in [-0.15, -0.1) is 0 Å². The van der Waals surface area contributed by atoms with Crippen LogP contribution in [-0.4, -0.2) is 49.6 Å². The molecule has 1 heterocycles. The molecule has 1 aromatic rings. The molecule has 21 heavy (non-hydrogen) atoms. The number of benzene rings is 1. The van der Waals surface area contributed by atoms with Crippen molar-refractivity contribution in [2.45, 2.75) is 32.4 Å². The molecule has 4 heteroatoms. The highest BCUT2D eigenvalue weighted by molar-refractivity contribution is 5.27. The molecule has 0 bridgehead atoms. The van der Waals surface area contributed by atoms with E-state index in [0.29, 0.717) is 12.0 Å². The summed E-state index contributed by atoms with van der Waals surface area (Å²) >= 11 is 0. The number of piperazine rings is 1. The van der Waals surface area contributed by atoms with E-state index in [-0.39, 0.29) is 6.04 Å². The van der Waals surface area contributed by atoms with Crippen LogP contribution in [0.1, 0.15) is 31.0 Å². The average molecular weight is 290 g/mol. The lowest BCUT2D eigenvalue weighted by molar-refractivity contribution is 0.0876. The number of nitrogens with zero attached hydrogens (tertiary/aromatic N) is 2. The number of nitrogens with one attached hydrogen (secondary N) is 1. The molecule has 0 saturated carbocycles. The van der Waals surface area contributed by atoms with Crippen LogP contribution < -0.4 is 11.3 Å². The molecular formula is C17H30N4. The van der Waals surface area contributed by atoms with Crippen molar-refractivity contribution in [3.05, 3.63) is 35.4 Å². The lowest BCUT2D eigenvalue weighted by atomic mass is 9.93. The molecule has 1 fully saturated rings. The standard InChI is InChI=1S/C17H30N4/c1-13(2)10-14-6-5-7-15(11-14)17(19-18)16-12-20(3)8-9-21(16)4/h5-7,11,13,16-17,19H,8-10,12,18H2,1-4H3. The zero-order chi connectivity index (χ0) is 15.4. The summed E-state index contributed by atoms with van der Waals surface area (Å²) in [5, 5.41) is 0. The van der Waals surface area contributed by atoms with Gasteiger partial charge in [-0.25, -0.2) is 0 Å². The monoisotopic (exact) mass is 290 g/mol. The van der Waals surface area contributed by atoms with Gasteiger partial charge in [-0.05, 0) is 37.6 Å². The summed E-state index contributed by atoms with van der Waals surface area (Å²) in [6.07, 6.45) is 1.12. The van der Waals surface area contributed by atoms with Crippen molar-refractivity contribution in [3.63, 3.8) is 0 Å². The van der Waals surface area contributed by atoms with Crippen molar-refractivity contribution in [1.29, 1.82) is 0 Å². The molecule has 1 aliphatic rings. The largest absolute Gasteiger partial charge is 0.303 e. The average Bonchev–Trinajstić information content (AvgIpc) is 2.43. The van der Waals surface area contributed by atoms with Crippen LogP contribution in [0.15, 0.2) is 24.3 Å². The van der Waals surface area contributed by atoms with E-state index in [1.165, 1.54) is 11.1 Å². The van der Waals surface area contributed by atoms with Gasteiger partial charge in [0.1, 0.15) is 0 Å². The van der Waals surface area contributed by atoms with Crippen LogP contribution in [0.2, 0.25) is 0 Å². The Labute approximate surface area is 129 Å². The molecule has 1 aromatic carbocycles. The van der Waals surface area contributed by atoms with Gasteiger partial charge in [0.15, 0.2) is 0 Å². The third-order valence-electron chi connectivity index (χ3n) is 4.42. The van der Waals surface area contributed by atoms with Crippen LogP contribution in [0.3, 0.4) is 0 Å². The minimum atomic E-state index is 0.171. The van der Waals surface area contributed by atoms with Gasteiger partial charge in [0.2, 0.25) is 0 Å². The highest BCUT2D eigenvalue weighted by Gasteiger charge is 2.30. The molecule has 0 spiro atoms. The van der Waals surface area contributed by atoms with Crippen LogP contribution >= 0.6 is 0 Å². The predicted octanol–water partition coefficient (Wildman–Crippen LogP) is 1.64. The molecule has 0 radical (unpaired) electrons. The number of nitrogens with two attached hydrogens (primary N) is 1. The second-order valence-corrected chi connectivity index (χ2v) is 6.80. The minimum Gasteiger partial charge on any atom is -0.303 e. The summed E-state index contributed by atoms with van der Waals surface area (Å²) in [7, 11) is 4.38. The Morgan fingerprint density at radius 1 is 1.29 bits per heavy atom. The normalized spacial score (nSPS) is 22.7. The molecule has 2 atom stereocenters. The Morgan fingerprint density at radius 2 is 2.05 bits per heavy atom. The van der Waals surface area contributed by atoms with E-state index < -0.39 is 0 Å². The smallest absolute Gasteiger partial charge is 0.0627 e. The van der Waals surface area contributed by atoms with Crippen molar-refractivity contribution in [3.8, 4) is 0 Å². The molecule has 0 amide bonds. The van der Waals surface area contributed by atoms with Crippen molar-refractivity contribution >= 4 is 0 Å². The predicted molar refractivity (Wildman–Crippen MR) is 89.0 cm³/mol. The van der Waals surface area contributed by atoms with Gasteiger partial charge in [-0.1, -0.05) is 38.1 Å². The second kappa shape index (κ2) is 7.36. The highest BCUT2D eigenvalue weighted by atomic mass is 15.3. The first kappa shape index (κ1) is 16.4. The number of likely N-dealkylation sites (N-methyl/N-ethyl adjacent to an activating group) is 2. The Kier molecular flexibility index (Phi) is 5.76. The second-order valence-electron chi connectivity index (χ2n) is 6.80. The van der Waals surface area contributed by atoms with Crippen LogP contribution in [0.4, 0.5) is 0 Å². The number of hydrazine groups is 1. The van der Waals surface area contributed by atoms with Crippen molar-refractivity contribution in [2.75, 3.05) is 33.7 Å². The maximum absolute atomic E-state index is 5.90. The molecule has 2 rings (SSSR count). The van der Waals surface area contributed by atoms with Crippen LogP contribution in [0.5, 0.6) is 0 Å². The van der Waals surface area contributed by atoms with Crippen LogP contribution in [0.25, 0.3) is 0 Å². The van der Waals surface area contributed by atoms with Crippen LogP contribution in [-0.2, 0) is 6.42 Å². The maximum Gasteiger partial charge on any atom is 0.0627 e. The lowest BCUT2D eigenvalue weighted by Crippen LogP contribution is -2.56. The quantitative estimate of drug-likeness (QED) is 0.639. The zero-order valence-electron chi connectivity index (χ0n) is 13.8. The van der Waals surface area contributed by atoms with Crippen molar-refractivity contribution in [2.24, 2.45) is 11.8 Å². The summed E-state index contributed by atoms with van der Waals surface area (Å²) in [5.74, 6) is 6.57. The molecule has 4 nitrogen and oxygen atoms in total. The van der Waals surface area contributed by atoms with Gasteiger partial charge >= 0.3 is 0 Å². The van der Waals surface area contributed by atoms with Crippen molar-refractivity contribution < 1.29 is 0 Å². The first-order valence-corrected chi connectivity index (χ1v) is 7.95. The zero-order valence-corrected chi connectivity index (χ0v) is 13.8. The summed E-state index contributed by atoms with van der Waals surface area (Å²) in [6, 6.07) is 9.45. The summed E-state index contributed by atoms with van der Waals surface area (Å²) in [4.78, 5) is 4.80. The van der Waals surface area contributed by atoms with Crippen molar-refractivity contribution in [1.82, 2.24) is 15.2 Å². The third-order valence-corrected chi connectivity index (χ3v) is 4.42. The molecule has 1 saturated heterocycles. The number of hydrogen-bond acceptors (Lipinski definition) is 4. The fourth-order valence-corrected chi connectivity index (χ4v) is 3.22. The SMILES string of the molecule is CC(C)Cc1cccc(C(NN)C2CN(C)CCN2C)c1. The summed E-state index contributed by atoms with van der Waals surface area (Å²) in [6.45, 7) is 7.77. The molecule has 3 N–H and O–H groups in total. The highest BCUT2D eigenvalue weighted by Crippen LogP contribution is 2.24. The summed E-state index contributed by atoms with van der Waals surface area (Å²) < 4.78 is 0. The molecular weight excluding hydrogens is 260 g/mol. The van der Waals surface area contributed by atoms with Gasteiger partial charge in [0.05, 0.1) is 6.04 Å². The maximum atomic E-state index is 5.90. The molecule has 0 aliphatic carbocycles. The van der Waals surface area contributed by atoms with E-state index >= 15 is 0 Å². The van der Waals surface area contributed by atoms with E-state index in [4.69, 9.17) is 5.84 Å². The van der Waals surface area contributed by atoms with Gasteiger partial charge in [0, 0.05) is 25.7 Å². The van der Waals surface area contributed by atoms with Gasteiger partial charge in [-0.2, -0.15) is 0 Å². The molecule has 0 aromatic heterocycles. The van der Waals surface area contributed by atoms with Gasteiger partial charge in [-0.3, -0.25) is 16.2 Å².